The number of benzene rings is 1. The fourth-order valence-corrected chi connectivity index (χ4v) is 4.94. The van der Waals surface area contributed by atoms with Crippen LogP contribution in [-0.4, -0.2) is 16.6 Å². The average Bonchev–Trinajstić information content (AvgIpc) is 2.87. The van der Waals surface area contributed by atoms with Crippen molar-refractivity contribution in [1.29, 1.82) is 0 Å². The smallest absolute Gasteiger partial charge is 0.345 e. The highest BCUT2D eigenvalue weighted by atomic mass is 16.5. The summed E-state index contributed by atoms with van der Waals surface area (Å²) < 4.78 is 12.4. The van der Waals surface area contributed by atoms with Gasteiger partial charge in [0.15, 0.2) is 0 Å². The summed E-state index contributed by atoms with van der Waals surface area (Å²) in [5.41, 5.74) is 7.70. The van der Waals surface area contributed by atoms with Crippen LogP contribution in [0.5, 0.6) is 11.5 Å². The van der Waals surface area contributed by atoms with E-state index in [0.29, 0.717) is 11.3 Å². The SMILES string of the molecule is CC(C)=CCC/C(C)=C/CC/C(C)=C/CCC1(C)CCc2c(C)c(OC(=O)c3cccnc3)cc(C)c2O1. The lowest BCUT2D eigenvalue weighted by molar-refractivity contribution is 0.0555. The van der Waals surface area contributed by atoms with E-state index < -0.39 is 5.97 Å². The van der Waals surface area contributed by atoms with Crippen LogP contribution >= 0.6 is 0 Å². The largest absolute Gasteiger partial charge is 0.487 e. The summed E-state index contributed by atoms with van der Waals surface area (Å²) in [4.78, 5) is 16.6. The van der Waals surface area contributed by atoms with Crippen molar-refractivity contribution in [2.75, 3.05) is 0 Å². The van der Waals surface area contributed by atoms with Gasteiger partial charge in [0, 0.05) is 18.0 Å². The maximum absolute atomic E-state index is 12.6. The second-order valence-electron chi connectivity index (χ2n) is 11.3. The molecule has 0 saturated carbocycles. The first kappa shape index (κ1) is 29.4. The maximum atomic E-state index is 12.6. The third-order valence-electron chi connectivity index (χ3n) is 7.44. The third kappa shape index (κ3) is 8.44. The molecule has 1 aromatic heterocycles. The Morgan fingerprint density at radius 1 is 1.05 bits per heavy atom. The number of aromatic nitrogens is 1. The van der Waals surface area contributed by atoms with Crippen LogP contribution in [0.15, 0.2) is 65.5 Å². The van der Waals surface area contributed by atoms with Gasteiger partial charge in [-0.15, -0.1) is 0 Å². The molecule has 0 saturated heterocycles. The molecule has 4 heteroatoms. The van der Waals surface area contributed by atoms with Crippen molar-refractivity contribution < 1.29 is 14.3 Å². The molecule has 1 unspecified atom stereocenters. The first-order chi connectivity index (χ1) is 18.1. The fraction of sp³-hybridized carbons (Fsp3) is 0.471. The molecule has 38 heavy (non-hydrogen) atoms. The lowest BCUT2D eigenvalue weighted by Gasteiger charge is -2.37. The molecule has 0 N–H and O–H groups in total. The molecular formula is C34H45NO3. The zero-order chi connectivity index (χ0) is 27.7. The zero-order valence-corrected chi connectivity index (χ0v) is 24.4. The van der Waals surface area contributed by atoms with Gasteiger partial charge in [-0.3, -0.25) is 4.98 Å². The Labute approximate surface area is 229 Å². The molecule has 1 aromatic carbocycles. The van der Waals surface area contributed by atoms with Gasteiger partial charge in [0.1, 0.15) is 17.1 Å². The van der Waals surface area contributed by atoms with E-state index in [1.807, 2.05) is 19.9 Å². The number of fused-ring (bicyclic) bond motifs is 1. The van der Waals surface area contributed by atoms with E-state index >= 15 is 0 Å². The van der Waals surface area contributed by atoms with Crippen LogP contribution in [0.25, 0.3) is 0 Å². The topological polar surface area (TPSA) is 48.4 Å². The number of carbonyl (C=O) groups is 1. The molecule has 2 aromatic rings. The van der Waals surface area contributed by atoms with Crippen LogP contribution in [0.2, 0.25) is 0 Å². The predicted molar refractivity (Wildman–Crippen MR) is 157 cm³/mol. The highest BCUT2D eigenvalue weighted by Gasteiger charge is 2.33. The van der Waals surface area contributed by atoms with E-state index in [2.05, 4.69) is 57.8 Å². The van der Waals surface area contributed by atoms with Gasteiger partial charge in [0.2, 0.25) is 0 Å². The quantitative estimate of drug-likeness (QED) is 0.170. The van der Waals surface area contributed by atoms with Crippen molar-refractivity contribution in [1.82, 2.24) is 4.98 Å². The molecular weight excluding hydrogens is 470 g/mol. The number of esters is 1. The zero-order valence-electron chi connectivity index (χ0n) is 24.4. The Bertz CT molecular complexity index is 1200. The highest BCUT2D eigenvalue weighted by molar-refractivity contribution is 5.90. The molecule has 4 nitrogen and oxygen atoms in total. The van der Waals surface area contributed by atoms with Gasteiger partial charge in [-0.2, -0.15) is 0 Å². The minimum atomic E-state index is -0.390. The molecule has 0 amide bonds. The molecule has 0 spiro atoms. The van der Waals surface area contributed by atoms with Crippen LogP contribution < -0.4 is 9.47 Å². The van der Waals surface area contributed by atoms with Crippen LogP contribution in [-0.2, 0) is 6.42 Å². The number of pyridine rings is 1. The molecule has 1 atom stereocenters. The third-order valence-corrected chi connectivity index (χ3v) is 7.44. The van der Waals surface area contributed by atoms with E-state index in [9.17, 15) is 4.79 Å². The molecule has 1 aliphatic heterocycles. The first-order valence-electron chi connectivity index (χ1n) is 14.0. The van der Waals surface area contributed by atoms with Crippen molar-refractivity contribution in [3.05, 3.63) is 87.8 Å². The van der Waals surface area contributed by atoms with Crippen LogP contribution in [0.4, 0.5) is 0 Å². The van der Waals surface area contributed by atoms with Gasteiger partial charge in [0.25, 0.3) is 0 Å². The van der Waals surface area contributed by atoms with E-state index in [1.165, 1.54) is 22.9 Å². The lowest BCUT2D eigenvalue weighted by atomic mass is 9.86. The van der Waals surface area contributed by atoms with Crippen LogP contribution in [0.1, 0.15) is 107 Å². The Hall–Kier alpha value is -3.14. The first-order valence-corrected chi connectivity index (χ1v) is 14.0. The van der Waals surface area contributed by atoms with Crippen molar-refractivity contribution in [2.45, 2.75) is 105 Å². The fourth-order valence-electron chi connectivity index (χ4n) is 4.94. The summed E-state index contributed by atoms with van der Waals surface area (Å²) >= 11 is 0. The Kier molecular flexibility index (Phi) is 10.5. The van der Waals surface area contributed by atoms with Gasteiger partial charge in [-0.25, -0.2) is 4.79 Å². The minimum Gasteiger partial charge on any atom is -0.487 e. The number of aryl methyl sites for hydroxylation is 1. The van der Waals surface area contributed by atoms with Crippen molar-refractivity contribution in [2.24, 2.45) is 0 Å². The number of hydrogen-bond donors (Lipinski definition) is 0. The van der Waals surface area contributed by atoms with Gasteiger partial charge in [0.05, 0.1) is 5.56 Å². The summed E-state index contributed by atoms with van der Waals surface area (Å²) in [6, 6.07) is 5.37. The average molecular weight is 516 g/mol. The van der Waals surface area contributed by atoms with Gasteiger partial charge in [-0.1, -0.05) is 34.9 Å². The summed E-state index contributed by atoms with van der Waals surface area (Å²) in [6.45, 7) is 15.1. The van der Waals surface area contributed by atoms with E-state index in [1.54, 1.807) is 18.3 Å². The molecule has 0 fully saturated rings. The second-order valence-corrected chi connectivity index (χ2v) is 11.3. The standard InChI is InChI=1S/C34H45NO3/c1-24(2)12-8-13-25(3)14-9-15-26(4)16-10-19-34(7)20-18-30-28(6)31(22-27(5)32(30)38-34)37-33(36)29-17-11-21-35-23-29/h11-12,14,16-17,21-23H,8-10,13,15,18-20H2,1-7H3/b25-14+,26-16+. The van der Waals surface area contributed by atoms with E-state index in [-0.39, 0.29) is 5.60 Å². The molecule has 0 aliphatic carbocycles. The van der Waals surface area contributed by atoms with Crippen molar-refractivity contribution in [3.8, 4) is 11.5 Å². The van der Waals surface area contributed by atoms with Gasteiger partial charge >= 0.3 is 5.97 Å². The summed E-state index contributed by atoms with van der Waals surface area (Å²) in [5, 5.41) is 0. The number of nitrogens with zero attached hydrogens (tertiary/aromatic N) is 1. The molecule has 204 valence electrons. The Morgan fingerprint density at radius 3 is 2.39 bits per heavy atom. The van der Waals surface area contributed by atoms with E-state index in [0.717, 1.165) is 73.8 Å². The second kappa shape index (κ2) is 13.6. The van der Waals surface area contributed by atoms with E-state index in [4.69, 9.17) is 9.47 Å². The van der Waals surface area contributed by atoms with Crippen LogP contribution in [0, 0.1) is 13.8 Å². The molecule has 0 bridgehead atoms. The Morgan fingerprint density at radius 2 is 1.74 bits per heavy atom. The number of ether oxygens (including phenoxy) is 2. The minimum absolute atomic E-state index is 0.198. The molecule has 1 aliphatic rings. The normalized spacial score (nSPS) is 17.4. The maximum Gasteiger partial charge on any atom is 0.345 e. The Balaban J connectivity index is 1.55. The van der Waals surface area contributed by atoms with Gasteiger partial charge in [-0.05, 0) is 129 Å². The summed E-state index contributed by atoms with van der Waals surface area (Å²) in [5.74, 6) is 1.16. The number of carbonyl (C=O) groups excluding carboxylic acids is 1. The number of allylic oxidation sites excluding steroid dienone is 6. The van der Waals surface area contributed by atoms with Crippen molar-refractivity contribution in [3.63, 3.8) is 0 Å². The monoisotopic (exact) mass is 515 g/mol. The lowest BCUT2D eigenvalue weighted by Crippen LogP contribution is -2.36. The predicted octanol–water partition coefficient (Wildman–Crippen LogP) is 9.20. The molecule has 0 radical (unpaired) electrons. The number of hydrogen-bond acceptors (Lipinski definition) is 4. The summed E-state index contributed by atoms with van der Waals surface area (Å²) in [6.07, 6.45) is 18.6. The van der Waals surface area contributed by atoms with Crippen molar-refractivity contribution >= 4 is 5.97 Å². The molecule has 3 rings (SSSR count). The molecule has 2 heterocycles. The van der Waals surface area contributed by atoms with Gasteiger partial charge < -0.3 is 9.47 Å². The summed E-state index contributed by atoms with van der Waals surface area (Å²) in [7, 11) is 0. The van der Waals surface area contributed by atoms with Crippen LogP contribution in [0.3, 0.4) is 0 Å². The number of rotatable bonds is 11. The highest BCUT2D eigenvalue weighted by Crippen LogP contribution is 2.42.